The molecule has 1 aliphatic carbocycles. The second-order valence-electron chi connectivity index (χ2n) is 7.54. The molecule has 0 aromatic rings. The minimum Gasteiger partial charge on any atom is -0.255 e. The minimum atomic E-state index is 0.242. The van der Waals surface area contributed by atoms with Gasteiger partial charge in [-0.2, -0.15) is 0 Å². The summed E-state index contributed by atoms with van der Waals surface area (Å²) >= 11 is 1.44. The van der Waals surface area contributed by atoms with Crippen molar-refractivity contribution in [1.29, 1.82) is 0 Å². The highest BCUT2D eigenvalue weighted by Crippen LogP contribution is 2.28. The van der Waals surface area contributed by atoms with Gasteiger partial charge in [-0.05, 0) is 47.6 Å². The van der Waals surface area contributed by atoms with E-state index in [9.17, 15) is 0 Å². The van der Waals surface area contributed by atoms with E-state index in [0.29, 0.717) is 0 Å². The van der Waals surface area contributed by atoms with Crippen molar-refractivity contribution in [2.75, 3.05) is 0 Å². The summed E-state index contributed by atoms with van der Waals surface area (Å²) in [7, 11) is 0. The van der Waals surface area contributed by atoms with Crippen LogP contribution >= 0.6 is 11.8 Å². The molecule has 1 nitrogen and oxygen atoms in total. The van der Waals surface area contributed by atoms with Crippen molar-refractivity contribution in [3.8, 4) is 0 Å². The van der Waals surface area contributed by atoms with Crippen LogP contribution < -0.4 is 0 Å². The number of hydrogen-bond acceptors (Lipinski definition) is 2. The third-order valence-electron chi connectivity index (χ3n) is 4.62. The lowest BCUT2D eigenvalue weighted by molar-refractivity contribution is 0.893. The largest absolute Gasteiger partial charge is 0.255 e. The SMILES string of the molecule is C=CC(=C)SC(=C)C(=N/C=C\C(=C)C(C)/C=C\C)/C1=C/C(=C)/C=C\C(C)/C=C\C(=C)C=C1. The fourth-order valence-electron chi connectivity index (χ4n) is 2.64. The van der Waals surface area contributed by atoms with E-state index in [0.717, 1.165) is 37.8 Å². The van der Waals surface area contributed by atoms with Gasteiger partial charge in [-0.25, -0.2) is 0 Å². The topological polar surface area (TPSA) is 12.4 Å². The molecule has 2 heteroatoms. The molecule has 32 heavy (non-hydrogen) atoms. The van der Waals surface area contributed by atoms with E-state index in [1.807, 2.05) is 49.5 Å². The molecule has 0 aliphatic heterocycles. The summed E-state index contributed by atoms with van der Waals surface area (Å²) in [5.41, 5.74) is 4.37. The maximum absolute atomic E-state index is 4.76. The first kappa shape index (κ1) is 26.9. The molecule has 0 aromatic heterocycles. The minimum absolute atomic E-state index is 0.242. The number of allylic oxidation sites excluding steroid dienone is 16. The van der Waals surface area contributed by atoms with Gasteiger partial charge in [-0.1, -0.05) is 120 Å². The van der Waals surface area contributed by atoms with Gasteiger partial charge in [0.1, 0.15) is 0 Å². The van der Waals surface area contributed by atoms with Crippen molar-refractivity contribution in [3.05, 3.63) is 145 Å². The summed E-state index contributed by atoms with van der Waals surface area (Å²) < 4.78 is 0. The predicted octanol–water partition coefficient (Wildman–Crippen LogP) is 9.01. The highest BCUT2D eigenvalue weighted by molar-refractivity contribution is 8.07. The van der Waals surface area contributed by atoms with Crippen molar-refractivity contribution in [2.24, 2.45) is 16.8 Å². The van der Waals surface area contributed by atoms with Crippen LogP contribution in [0.5, 0.6) is 0 Å². The Bertz CT molecular complexity index is 986. The fraction of sp³-hybridized carbons (Fsp3) is 0.167. The molecule has 0 N–H and O–H groups in total. The van der Waals surface area contributed by atoms with Crippen molar-refractivity contribution >= 4 is 17.5 Å². The summed E-state index contributed by atoms with van der Waals surface area (Å²) in [6, 6.07) is 0. The number of aliphatic imine (C=N–C) groups is 1. The molecular weight excluding hydrogens is 406 g/mol. The van der Waals surface area contributed by atoms with Gasteiger partial charge in [-0.3, -0.25) is 4.99 Å². The smallest absolute Gasteiger partial charge is 0.0835 e. The van der Waals surface area contributed by atoms with Gasteiger partial charge in [0.2, 0.25) is 0 Å². The van der Waals surface area contributed by atoms with Crippen molar-refractivity contribution in [2.45, 2.75) is 20.8 Å². The first-order valence-corrected chi connectivity index (χ1v) is 11.4. The monoisotopic (exact) mass is 441 g/mol. The predicted molar refractivity (Wildman–Crippen MR) is 149 cm³/mol. The van der Waals surface area contributed by atoms with Crippen LogP contribution in [0.1, 0.15) is 20.8 Å². The Labute approximate surface area is 199 Å². The Balaban J connectivity index is 3.47. The quantitative estimate of drug-likeness (QED) is 0.197. The average molecular weight is 442 g/mol. The molecule has 0 aromatic carbocycles. The van der Waals surface area contributed by atoms with Crippen LogP contribution in [0.2, 0.25) is 0 Å². The average Bonchev–Trinajstić information content (AvgIpc) is 2.78. The van der Waals surface area contributed by atoms with Gasteiger partial charge in [0.05, 0.1) is 5.71 Å². The van der Waals surface area contributed by atoms with E-state index in [-0.39, 0.29) is 11.8 Å². The second-order valence-corrected chi connectivity index (χ2v) is 8.76. The number of hydrogen-bond donors (Lipinski definition) is 0. The Morgan fingerprint density at radius 1 is 1.06 bits per heavy atom. The number of rotatable bonds is 9. The highest BCUT2D eigenvalue weighted by atomic mass is 32.2. The number of thioether (sulfide) groups is 1. The molecule has 166 valence electrons. The zero-order chi connectivity index (χ0) is 24.1. The summed E-state index contributed by atoms with van der Waals surface area (Å²) in [6.07, 6.45) is 23.8. The molecule has 2 unspecified atom stereocenters. The van der Waals surface area contributed by atoms with Gasteiger partial charge in [0, 0.05) is 21.6 Å². The maximum Gasteiger partial charge on any atom is 0.0835 e. The maximum atomic E-state index is 4.76. The molecule has 1 aliphatic rings. The lowest BCUT2D eigenvalue weighted by Gasteiger charge is -2.11. The lowest BCUT2D eigenvalue weighted by atomic mass is 10.0. The molecule has 0 amide bonds. The van der Waals surface area contributed by atoms with Crippen LogP contribution in [-0.2, 0) is 0 Å². The Kier molecular flexibility index (Phi) is 11.8. The van der Waals surface area contributed by atoms with Crippen LogP contribution in [0, 0.1) is 11.8 Å². The van der Waals surface area contributed by atoms with Crippen LogP contribution in [0.3, 0.4) is 0 Å². The molecule has 0 saturated carbocycles. The van der Waals surface area contributed by atoms with Gasteiger partial charge >= 0.3 is 0 Å². The third-order valence-corrected chi connectivity index (χ3v) is 5.49. The first-order chi connectivity index (χ1) is 15.2. The Morgan fingerprint density at radius 3 is 2.34 bits per heavy atom. The zero-order valence-electron chi connectivity index (χ0n) is 19.7. The normalized spacial score (nSPS) is 22.2. The summed E-state index contributed by atoms with van der Waals surface area (Å²) in [5, 5.41) is 0. The standard InChI is InChI=1S/C30H35NS/c1-10-12-25(6)26(7)19-20-31-30(28(9)32-27(8)11-2)29-18-17-23(4)14-13-22(3)15-16-24(5)21-29/h10-22,25H,2,4-5,7-9H2,1,3,6H3/b12-10-,14-13-,16-15-,18-17?,20-19-,29-21+,31-30-. The van der Waals surface area contributed by atoms with E-state index in [2.05, 4.69) is 71.5 Å². The van der Waals surface area contributed by atoms with E-state index in [1.165, 1.54) is 11.8 Å². The van der Waals surface area contributed by atoms with E-state index in [4.69, 9.17) is 4.99 Å². The zero-order valence-corrected chi connectivity index (χ0v) is 20.5. The van der Waals surface area contributed by atoms with Crippen LogP contribution in [0.4, 0.5) is 0 Å². The Morgan fingerprint density at radius 2 is 1.72 bits per heavy atom. The molecule has 0 heterocycles. The van der Waals surface area contributed by atoms with Gasteiger partial charge in [0.25, 0.3) is 0 Å². The molecule has 0 fully saturated rings. The van der Waals surface area contributed by atoms with E-state index < -0.39 is 0 Å². The van der Waals surface area contributed by atoms with Crippen molar-refractivity contribution < 1.29 is 0 Å². The molecule has 2 atom stereocenters. The van der Waals surface area contributed by atoms with Crippen LogP contribution in [-0.4, -0.2) is 5.71 Å². The van der Waals surface area contributed by atoms with Gasteiger partial charge in [-0.15, -0.1) is 0 Å². The Hall–Kier alpha value is -3.10. The summed E-state index contributed by atoms with van der Waals surface area (Å²) in [4.78, 5) is 6.34. The second kappa shape index (κ2) is 14.1. The molecule has 1 rings (SSSR count). The molecule has 0 radical (unpaired) electrons. The van der Waals surface area contributed by atoms with Crippen LogP contribution in [0.15, 0.2) is 150 Å². The molecule has 0 saturated heterocycles. The first-order valence-electron chi connectivity index (χ1n) is 10.6. The number of nitrogens with zero attached hydrogens (tertiary/aromatic N) is 1. The van der Waals surface area contributed by atoms with Gasteiger partial charge < -0.3 is 0 Å². The summed E-state index contributed by atoms with van der Waals surface area (Å²) in [6.45, 7) is 30.7. The van der Waals surface area contributed by atoms with Crippen molar-refractivity contribution in [3.63, 3.8) is 0 Å². The third kappa shape index (κ3) is 9.80. The summed E-state index contributed by atoms with van der Waals surface area (Å²) in [5.74, 6) is 0.529. The molecule has 0 spiro atoms. The molecular formula is C30H35NS. The van der Waals surface area contributed by atoms with Gasteiger partial charge in [0.15, 0.2) is 0 Å². The van der Waals surface area contributed by atoms with Crippen LogP contribution in [0.25, 0.3) is 0 Å². The van der Waals surface area contributed by atoms with E-state index in [1.54, 1.807) is 12.3 Å². The highest BCUT2D eigenvalue weighted by Gasteiger charge is 2.11. The van der Waals surface area contributed by atoms with Crippen molar-refractivity contribution in [1.82, 2.24) is 0 Å². The lowest BCUT2D eigenvalue weighted by Crippen LogP contribution is -2.03. The van der Waals surface area contributed by atoms with E-state index >= 15 is 0 Å². The molecule has 0 bridgehead atoms. The fourth-order valence-corrected chi connectivity index (χ4v) is 3.30.